The molecule has 0 bridgehead atoms. The summed E-state index contributed by atoms with van der Waals surface area (Å²) in [6.45, 7) is 0. The Kier molecular flexibility index (Phi) is 4.90. The van der Waals surface area contributed by atoms with E-state index < -0.39 is 0 Å². The number of halogens is 4. The Morgan fingerprint density at radius 1 is 1.00 bits per heavy atom. The molecule has 0 aliphatic carbocycles. The summed E-state index contributed by atoms with van der Waals surface area (Å²) < 4.78 is 1.50. The van der Waals surface area contributed by atoms with Gasteiger partial charge in [0.25, 0.3) is 5.91 Å². The van der Waals surface area contributed by atoms with Gasteiger partial charge in [-0.1, -0.05) is 23.2 Å². The number of rotatable bonds is 2. The highest BCUT2D eigenvalue weighted by molar-refractivity contribution is 9.11. The number of nitrogens with one attached hydrogen (secondary N) is 1. The second-order valence-corrected chi connectivity index (χ2v) is 6.26. The predicted molar refractivity (Wildman–Crippen MR) is 86.3 cm³/mol. The lowest BCUT2D eigenvalue weighted by atomic mass is 10.2. The average Bonchev–Trinajstić information content (AvgIpc) is 2.37. The highest BCUT2D eigenvalue weighted by Crippen LogP contribution is 2.27. The van der Waals surface area contributed by atoms with E-state index in [1.165, 1.54) is 0 Å². The lowest BCUT2D eigenvalue weighted by Gasteiger charge is -2.08. The smallest absolute Gasteiger partial charge is 0.255 e. The summed E-state index contributed by atoms with van der Waals surface area (Å²) in [5, 5.41) is 3.80. The molecule has 0 fully saturated rings. The van der Waals surface area contributed by atoms with Crippen molar-refractivity contribution >= 4 is 66.7 Å². The van der Waals surface area contributed by atoms with Gasteiger partial charge in [0.15, 0.2) is 0 Å². The van der Waals surface area contributed by atoms with Crippen molar-refractivity contribution in [3.63, 3.8) is 0 Å². The Morgan fingerprint density at radius 2 is 1.68 bits per heavy atom. The molecule has 0 aliphatic heterocycles. The molecule has 1 amide bonds. The zero-order chi connectivity index (χ0) is 14.0. The second-order valence-electron chi connectivity index (χ2n) is 3.71. The summed E-state index contributed by atoms with van der Waals surface area (Å²) in [6.07, 6.45) is 0. The second kappa shape index (κ2) is 6.27. The van der Waals surface area contributed by atoms with Crippen molar-refractivity contribution in [1.82, 2.24) is 0 Å². The largest absolute Gasteiger partial charge is 0.321 e. The van der Waals surface area contributed by atoms with Crippen LogP contribution in [0.2, 0.25) is 10.0 Å². The van der Waals surface area contributed by atoms with Gasteiger partial charge in [0.05, 0.1) is 10.7 Å². The third kappa shape index (κ3) is 3.72. The van der Waals surface area contributed by atoms with Gasteiger partial charge in [0, 0.05) is 19.5 Å². The van der Waals surface area contributed by atoms with Crippen LogP contribution in [0.5, 0.6) is 0 Å². The number of anilines is 1. The van der Waals surface area contributed by atoms with Crippen molar-refractivity contribution in [3.8, 4) is 0 Å². The lowest BCUT2D eigenvalue weighted by Crippen LogP contribution is -2.12. The number of carbonyl (C=O) groups is 1. The van der Waals surface area contributed by atoms with Gasteiger partial charge in [-0.15, -0.1) is 0 Å². The zero-order valence-electron chi connectivity index (χ0n) is 9.38. The van der Waals surface area contributed by atoms with E-state index in [0.29, 0.717) is 21.3 Å². The van der Waals surface area contributed by atoms with Crippen LogP contribution in [0.15, 0.2) is 45.3 Å². The summed E-state index contributed by atoms with van der Waals surface area (Å²) in [5.74, 6) is -0.252. The number of hydrogen-bond acceptors (Lipinski definition) is 1. The van der Waals surface area contributed by atoms with E-state index in [1.54, 1.807) is 36.4 Å². The first-order valence-electron chi connectivity index (χ1n) is 5.19. The molecule has 0 spiro atoms. The van der Waals surface area contributed by atoms with E-state index in [1.807, 2.05) is 0 Å². The summed E-state index contributed by atoms with van der Waals surface area (Å²) >= 11 is 18.5. The lowest BCUT2D eigenvalue weighted by molar-refractivity contribution is 0.102. The van der Waals surface area contributed by atoms with Crippen molar-refractivity contribution in [1.29, 1.82) is 0 Å². The first-order valence-corrected chi connectivity index (χ1v) is 7.53. The van der Waals surface area contributed by atoms with E-state index in [2.05, 4.69) is 37.2 Å². The maximum absolute atomic E-state index is 12.1. The fraction of sp³-hybridized carbons (Fsp3) is 0. The number of amides is 1. The summed E-state index contributed by atoms with van der Waals surface area (Å²) in [6, 6.07) is 10.2. The first-order chi connectivity index (χ1) is 8.97. The number of carbonyl (C=O) groups excluding carboxylic acids is 1. The molecular weight excluding hydrogens is 417 g/mol. The van der Waals surface area contributed by atoms with Crippen molar-refractivity contribution in [2.45, 2.75) is 0 Å². The van der Waals surface area contributed by atoms with Crippen molar-refractivity contribution in [2.75, 3.05) is 5.32 Å². The van der Waals surface area contributed by atoms with Crippen LogP contribution in [-0.2, 0) is 0 Å². The molecule has 2 aromatic carbocycles. The van der Waals surface area contributed by atoms with Crippen molar-refractivity contribution in [3.05, 3.63) is 61.0 Å². The third-order valence-electron chi connectivity index (χ3n) is 2.36. The molecule has 2 nitrogen and oxygen atoms in total. The van der Waals surface area contributed by atoms with Crippen LogP contribution in [0.1, 0.15) is 10.4 Å². The number of hydrogen-bond donors (Lipinski definition) is 1. The fourth-order valence-corrected chi connectivity index (χ4v) is 2.37. The van der Waals surface area contributed by atoms with Gasteiger partial charge in [0.2, 0.25) is 0 Å². The molecule has 0 unspecified atom stereocenters. The molecule has 0 radical (unpaired) electrons. The standard InChI is InChI=1S/C13H7Br2Cl2NO/c14-9-3-1-7(5-11(9)17)13(19)18-12-6-8(16)2-4-10(12)15/h1-6H,(H,18,19). The van der Waals surface area contributed by atoms with Gasteiger partial charge in [0.1, 0.15) is 0 Å². The Balaban J connectivity index is 2.25. The Hall–Kier alpha value is -0.550. The van der Waals surface area contributed by atoms with Crippen LogP contribution in [-0.4, -0.2) is 5.91 Å². The first kappa shape index (κ1) is 14.9. The molecule has 0 aromatic heterocycles. The number of benzene rings is 2. The molecule has 0 heterocycles. The quantitative estimate of drug-likeness (QED) is 0.652. The van der Waals surface area contributed by atoms with E-state index in [9.17, 15) is 4.79 Å². The van der Waals surface area contributed by atoms with E-state index in [0.717, 1.165) is 8.95 Å². The maximum atomic E-state index is 12.1. The third-order valence-corrected chi connectivity index (χ3v) is 4.52. The molecule has 98 valence electrons. The summed E-state index contributed by atoms with van der Waals surface area (Å²) in [4.78, 5) is 12.1. The molecule has 2 rings (SSSR count). The Morgan fingerprint density at radius 3 is 2.37 bits per heavy atom. The maximum Gasteiger partial charge on any atom is 0.255 e. The minimum atomic E-state index is -0.252. The van der Waals surface area contributed by atoms with Gasteiger partial charge < -0.3 is 5.32 Å². The topological polar surface area (TPSA) is 29.1 Å². The van der Waals surface area contributed by atoms with Crippen LogP contribution >= 0.6 is 55.1 Å². The molecule has 2 aromatic rings. The van der Waals surface area contributed by atoms with E-state index >= 15 is 0 Å². The SMILES string of the molecule is O=C(Nc1cc(Cl)ccc1Br)c1ccc(Br)c(Cl)c1. The predicted octanol–water partition coefficient (Wildman–Crippen LogP) is 5.77. The van der Waals surface area contributed by atoms with Gasteiger partial charge >= 0.3 is 0 Å². The Bertz CT molecular complexity index is 647. The van der Waals surface area contributed by atoms with Crippen LogP contribution < -0.4 is 5.32 Å². The van der Waals surface area contributed by atoms with E-state index in [4.69, 9.17) is 23.2 Å². The van der Waals surface area contributed by atoms with Gasteiger partial charge in [-0.25, -0.2) is 0 Å². The monoisotopic (exact) mass is 421 g/mol. The Labute approximate surface area is 137 Å². The van der Waals surface area contributed by atoms with Crippen LogP contribution in [0.3, 0.4) is 0 Å². The molecular formula is C13H7Br2Cl2NO. The molecule has 1 N–H and O–H groups in total. The summed E-state index contributed by atoms with van der Waals surface area (Å²) in [5.41, 5.74) is 1.08. The minimum Gasteiger partial charge on any atom is -0.321 e. The molecule has 0 aliphatic rings. The molecule has 6 heteroatoms. The van der Waals surface area contributed by atoms with Gasteiger partial charge in [-0.2, -0.15) is 0 Å². The van der Waals surface area contributed by atoms with Crippen LogP contribution in [0.25, 0.3) is 0 Å². The minimum absolute atomic E-state index is 0.252. The van der Waals surface area contributed by atoms with E-state index in [-0.39, 0.29) is 5.91 Å². The van der Waals surface area contributed by atoms with Gasteiger partial charge in [-0.3, -0.25) is 4.79 Å². The van der Waals surface area contributed by atoms with Crippen molar-refractivity contribution in [2.24, 2.45) is 0 Å². The highest BCUT2D eigenvalue weighted by Gasteiger charge is 2.10. The highest BCUT2D eigenvalue weighted by atomic mass is 79.9. The zero-order valence-corrected chi connectivity index (χ0v) is 14.1. The van der Waals surface area contributed by atoms with Gasteiger partial charge in [-0.05, 0) is 68.3 Å². The van der Waals surface area contributed by atoms with Crippen molar-refractivity contribution < 1.29 is 4.79 Å². The summed E-state index contributed by atoms with van der Waals surface area (Å²) in [7, 11) is 0. The van der Waals surface area contributed by atoms with Crippen LogP contribution in [0.4, 0.5) is 5.69 Å². The normalized spacial score (nSPS) is 10.3. The molecule has 19 heavy (non-hydrogen) atoms. The molecule has 0 atom stereocenters. The average molecular weight is 424 g/mol. The molecule has 0 saturated heterocycles. The molecule has 0 saturated carbocycles. The van der Waals surface area contributed by atoms with Crippen LogP contribution in [0, 0.1) is 0 Å². The fourth-order valence-electron chi connectivity index (χ4n) is 1.43.